The summed E-state index contributed by atoms with van der Waals surface area (Å²) >= 11 is 1.68. The van der Waals surface area contributed by atoms with Crippen LogP contribution < -0.4 is 15.0 Å². The van der Waals surface area contributed by atoms with Gasteiger partial charge >= 0.3 is 0 Å². The molecule has 5 nitrogen and oxygen atoms in total. The van der Waals surface area contributed by atoms with Crippen molar-refractivity contribution < 1.29 is 9.53 Å². The minimum atomic E-state index is -0.0662. The number of benzene rings is 3. The molecule has 0 atom stereocenters. The highest BCUT2D eigenvalue weighted by Gasteiger charge is 2.34. The zero-order valence-electron chi connectivity index (χ0n) is 16.5. The summed E-state index contributed by atoms with van der Waals surface area (Å²) in [5.41, 5.74) is 2.93. The van der Waals surface area contributed by atoms with E-state index < -0.39 is 0 Å². The Labute approximate surface area is 178 Å². The number of rotatable bonds is 5. The largest absolute Gasteiger partial charge is 0.455 e. The van der Waals surface area contributed by atoms with Gasteiger partial charge < -0.3 is 15.0 Å². The molecule has 0 unspecified atom stereocenters. The van der Waals surface area contributed by atoms with Crippen LogP contribution in [0.25, 0.3) is 10.2 Å². The topological polar surface area (TPSA) is 54.5 Å². The van der Waals surface area contributed by atoms with Crippen molar-refractivity contribution in [3.8, 4) is 11.5 Å². The Kier molecular flexibility index (Phi) is 4.85. The summed E-state index contributed by atoms with van der Waals surface area (Å²) in [5, 5.41) is 4.01. The number of nitrogens with zero attached hydrogens (tertiary/aromatic N) is 2. The average molecular weight is 416 g/mol. The lowest BCUT2D eigenvalue weighted by Gasteiger charge is -2.38. The second-order valence-electron chi connectivity index (χ2n) is 7.47. The summed E-state index contributed by atoms with van der Waals surface area (Å²) in [5.74, 6) is 1.31. The first-order chi connectivity index (χ1) is 14.7. The van der Waals surface area contributed by atoms with Gasteiger partial charge in [-0.3, -0.25) is 4.79 Å². The van der Waals surface area contributed by atoms with Crippen LogP contribution in [0, 0.1) is 12.8 Å². The summed E-state index contributed by atoms with van der Waals surface area (Å²) in [6.07, 6.45) is 0. The summed E-state index contributed by atoms with van der Waals surface area (Å²) in [4.78, 5) is 19.7. The molecule has 0 radical (unpaired) electrons. The van der Waals surface area contributed by atoms with Crippen LogP contribution in [-0.4, -0.2) is 24.0 Å². The van der Waals surface area contributed by atoms with Gasteiger partial charge in [0.15, 0.2) is 10.9 Å². The molecule has 30 heavy (non-hydrogen) atoms. The molecular formula is C24H21N3O2S. The third-order valence-electron chi connectivity index (χ3n) is 5.17. The zero-order chi connectivity index (χ0) is 20.5. The molecule has 0 bridgehead atoms. The SMILES string of the molecule is Cc1ccc2nc(N3CC(C(=O)Nc4ccccc4Oc4ccccc4)C3)sc2c1. The number of amides is 1. The van der Waals surface area contributed by atoms with Gasteiger partial charge in [0, 0.05) is 13.1 Å². The number of carbonyl (C=O) groups is 1. The van der Waals surface area contributed by atoms with E-state index in [0.717, 1.165) is 16.4 Å². The number of aromatic nitrogens is 1. The predicted octanol–water partition coefficient (Wildman–Crippen LogP) is 5.47. The van der Waals surface area contributed by atoms with Crippen LogP contribution in [0.2, 0.25) is 0 Å². The molecule has 4 aromatic rings. The predicted molar refractivity (Wildman–Crippen MR) is 122 cm³/mol. The van der Waals surface area contributed by atoms with E-state index in [0.29, 0.717) is 24.5 Å². The van der Waals surface area contributed by atoms with Crippen molar-refractivity contribution in [3.05, 3.63) is 78.4 Å². The lowest BCUT2D eigenvalue weighted by molar-refractivity contribution is -0.120. The number of para-hydroxylation sites is 3. The number of ether oxygens (including phenoxy) is 1. The van der Waals surface area contributed by atoms with Gasteiger partial charge in [0.25, 0.3) is 0 Å². The van der Waals surface area contributed by atoms with Gasteiger partial charge in [0.1, 0.15) is 5.75 Å². The molecule has 5 rings (SSSR count). The minimum Gasteiger partial charge on any atom is -0.455 e. The Morgan fingerprint density at radius 3 is 2.67 bits per heavy atom. The van der Waals surface area contributed by atoms with Crippen LogP contribution in [0.4, 0.5) is 10.8 Å². The maximum absolute atomic E-state index is 12.8. The van der Waals surface area contributed by atoms with E-state index >= 15 is 0 Å². The van der Waals surface area contributed by atoms with E-state index in [4.69, 9.17) is 9.72 Å². The second kappa shape index (κ2) is 7.80. The Hall–Kier alpha value is -3.38. The maximum atomic E-state index is 12.8. The van der Waals surface area contributed by atoms with Crippen LogP contribution in [0.1, 0.15) is 5.56 Å². The van der Waals surface area contributed by atoms with E-state index in [9.17, 15) is 4.79 Å². The highest BCUT2D eigenvalue weighted by molar-refractivity contribution is 7.22. The quantitative estimate of drug-likeness (QED) is 0.469. The lowest BCUT2D eigenvalue weighted by Crippen LogP contribution is -2.52. The van der Waals surface area contributed by atoms with E-state index in [2.05, 4.69) is 35.3 Å². The first-order valence-corrected chi connectivity index (χ1v) is 10.7. The van der Waals surface area contributed by atoms with Crippen molar-refractivity contribution in [3.63, 3.8) is 0 Å². The van der Waals surface area contributed by atoms with Gasteiger partial charge in [0.2, 0.25) is 5.91 Å². The van der Waals surface area contributed by atoms with Crippen molar-refractivity contribution in [1.29, 1.82) is 0 Å². The molecule has 6 heteroatoms. The monoisotopic (exact) mass is 415 g/mol. The number of nitrogens with one attached hydrogen (secondary N) is 1. The van der Waals surface area contributed by atoms with Gasteiger partial charge in [-0.2, -0.15) is 0 Å². The molecule has 1 amide bonds. The molecule has 1 aromatic heterocycles. The van der Waals surface area contributed by atoms with Crippen LogP contribution in [0.3, 0.4) is 0 Å². The fourth-order valence-electron chi connectivity index (χ4n) is 3.46. The average Bonchev–Trinajstić information content (AvgIpc) is 3.11. The number of anilines is 2. The molecule has 1 fully saturated rings. The normalized spacial score (nSPS) is 13.8. The van der Waals surface area contributed by atoms with Gasteiger partial charge in [-0.1, -0.05) is 47.7 Å². The molecule has 2 heterocycles. The first kappa shape index (κ1) is 18.6. The number of thiazole rings is 1. The Morgan fingerprint density at radius 1 is 1.07 bits per heavy atom. The van der Waals surface area contributed by atoms with E-state index in [1.807, 2.05) is 54.6 Å². The lowest BCUT2D eigenvalue weighted by atomic mass is 10.00. The van der Waals surface area contributed by atoms with E-state index in [1.54, 1.807) is 11.3 Å². The first-order valence-electron chi connectivity index (χ1n) is 9.91. The van der Waals surface area contributed by atoms with Crippen LogP contribution in [-0.2, 0) is 4.79 Å². The van der Waals surface area contributed by atoms with Crippen molar-refractivity contribution in [1.82, 2.24) is 4.98 Å². The van der Waals surface area contributed by atoms with Crippen LogP contribution >= 0.6 is 11.3 Å². The van der Waals surface area contributed by atoms with Gasteiger partial charge in [-0.15, -0.1) is 0 Å². The molecule has 0 aliphatic carbocycles. The van der Waals surface area contributed by atoms with Gasteiger partial charge in [-0.25, -0.2) is 4.98 Å². The summed E-state index contributed by atoms with van der Waals surface area (Å²) < 4.78 is 7.13. The zero-order valence-corrected chi connectivity index (χ0v) is 17.4. The van der Waals surface area contributed by atoms with Crippen LogP contribution in [0.5, 0.6) is 11.5 Å². The summed E-state index contributed by atoms with van der Waals surface area (Å²) in [7, 11) is 0. The van der Waals surface area contributed by atoms with Crippen molar-refractivity contribution in [2.75, 3.05) is 23.3 Å². The fourth-order valence-corrected chi connectivity index (χ4v) is 4.55. The molecule has 3 aromatic carbocycles. The smallest absolute Gasteiger partial charge is 0.231 e. The number of hydrogen-bond donors (Lipinski definition) is 1. The Bertz CT molecular complexity index is 1200. The molecular weight excluding hydrogens is 394 g/mol. The third kappa shape index (κ3) is 3.74. The highest BCUT2D eigenvalue weighted by Crippen LogP contribution is 2.34. The Balaban J connectivity index is 1.24. The number of carbonyl (C=O) groups excluding carboxylic acids is 1. The summed E-state index contributed by atoms with van der Waals surface area (Å²) in [6.45, 7) is 3.43. The van der Waals surface area contributed by atoms with Gasteiger partial charge in [-0.05, 0) is 48.9 Å². The summed E-state index contributed by atoms with van der Waals surface area (Å²) in [6, 6.07) is 23.4. The maximum Gasteiger partial charge on any atom is 0.231 e. The van der Waals surface area contributed by atoms with Crippen molar-refractivity contribution in [2.45, 2.75) is 6.92 Å². The fraction of sp³-hybridized carbons (Fsp3) is 0.167. The molecule has 0 spiro atoms. The second-order valence-corrected chi connectivity index (χ2v) is 8.48. The number of fused-ring (bicyclic) bond motifs is 1. The minimum absolute atomic E-state index is 0.00678. The van der Waals surface area contributed by atoms with E-state index in [1.165, 1.54) is 10.3 Å². The van der Waals surface area contributed by atoms with Crippen molar-refractivity contribution >= 4 is 38.3 Å². The highest BCUT2D eigenvalue weighted by atomic mass is 32.1. The molecule has 1 aliphatic rings. The Morgan fingerprint density at radius 2 is 1.83 bits per heavy atom. The van der Waals surface area contributed by atoms with Crippen LogP contribution in [0.15, 0.2) is 72.8 Å². The molecule has 0 saturated carbocycles. The van der Waals surface area contributed by atoms with E-state index in [-0.39, 0.29) is 11.8 Å². The molecule has 1 saturated heterocycles. The number of aryl methyl sites for hydroxylation is 1. The third-order valence-corrected chi connectivity index (χ3v) is 6.25. The molecule has 1 N–H and O–H groups in total. The number of hydrogen-bond acceptors (Lipinski definition) is 5. The van der Waals surface area contributed by atoms with Crippen molar-refractivity contribution in [2.24, 2.45) is 5.92 Å². The molecule has 1 aliphatic heterocycles. The molecule has 150 valence electrons. The van der Waals surface area contributed by atoms with Gasteiger partial charge in [0.05, 0.1) is 21.8 Å². The standard InChI is InChI=1S/C24H21N3O2S/c1-16-11-12-20-22(13-16)30-24(26-20)27-14-17(15-27)23(28)25-19-9-5-6-10-21(19)29-18-7-3-2-4-8-18/h2-13,17H,14-15H2,1H3,(H,25,28).